The van der Waals surface area contributed by atoms with Crippen LogP contribution >= 0.6 is 0 Å². The maximum absolute atomic E-state index is 14.5. The van der Waals surface area contributed by atoms with E-state index in [0.717, 1.165) is 75.4 Å². The number of fused-ring (bicyclic) bond motifs is 9. The van der Waals surface area contributed by atoms with Crippen LogP contribution in [0.3, 0.4) is 0 Å². The van der Waals surface area contributed by atoms with Crippen molar-refractivity contribution in [2.45, 2.75) is 162 Å². The minimum absolute atomic E-state index is 0.0141. The Labute approximate surface area is 621 Å². The third-order valence-corrected chi connectivity index (χ3v) is 21.5. The average molecular weight is 1450 g/mol. The van der Waals surface area contributed by atoms with E-state index in [2.05, 4.69) is 33.1 Å². The first-order valence-corrected chi connectivity index (χ1v) is 37.0. The van der Waals surface area contributed by atoms with Crippen molar-refractivity contribution in [2.24, 2.45) is 17.3 Å². The van der Waals surface area contributed by atoms with Gasteiger partial charge in [-0.3, -0.25) is 38.4 Å². The van der Waals surface area contributed by atoms with Crippen molar-refractivity contribution < 1.29 is 71.9 Å². The molecule has 3 N–H and O–H groups in total. The number of anilines is 2. The summed E-state index contributed by atoms with van der Waals surface area (Å²) in [6, 6.07) is 37.3. The molecule has 0 bridgehead atoms. The van der Waals surface area contributed by atoms with E-state index in [-0.39, 0.29) is 147 Å². The minimum atomic E-state index is -1.48. The lowest BCUT2D eigenvalue weighted by Crippen LogP contribution is -2.50. The van der Waals surface area contributed by atoms with E-state index in [1.54, 1.807) is 60.9 Å². The molecule has 2 fully saturated rings. The zero-order valence-electron chi connectivity index (χ0n) is 61.5. The Morgan fingerprint density at radius 1 is 0.692 bits per heavy atom. The number of rotatable bonds is 28. The van der Waals surface area contributed by atoms with Gasteiger partial charge in [0.15, 0.2) is 40.8 Å². The Hall–Kier alpha value is -11.0. The molecule has 6 aromatic carbocycles. The fourth-order valence-corrected chi connectivity index (χ4v) is 15.2. The number of aryl methyl sites for hydroxylation is 1. The normalized spacial score (nSPS) is 17.8. The fraction of sp³-hybridized carbons (Fsp3) is 0.410. The Morgan fingerprint density at radius 2 is 1.36 bits per heavy atom. The summed E-state index contributed by atoms with van der Waals surface area (Å²) in [6.45, 7) is 9.58. The molecule has 1 unspecified atom stereocenters. The van der Waals surface area contributed by atoms with E-state index in [0.29, 0.717) is 59.7 Å². The number of aromatic nitrogens is 3. The molecule has 1 saturated heterocycles. The summed E-state index contributed by atoms with van der Waals surface area (Å²) in [4.78, 5) is 130. The molecule has 1 spiro atoms. The number of nitrogens with one attached hydrogen (secondary N) is 2. The number of carbonyl (C=O) groups is 9. The van der Waals surface area contributed by atoms with Crippen LogP contribution in [0, 0.1) is 17.3 Å². The molecule has 5 atom stereocenters. The molecule has 107 heavy (non-hydrogen) atoms. The van der Waals surface area contributed by atoms with Gasteiger partial charge in [-0.2, -0.15) is 0 Å². The second kappa shape index (κ2) is 32.0. The summed E-state index contributed by atoms with van der Waals surface area (Å²) in [5.74, 6) is -2.49. The van der Waals surface area contributed by atoms with Crippen LogP contribution in [0.25, 0.3) is 28.1 Å². The van der Waals surface area contributed by atoms with Gasteiger partial charge in [-0.05, 0) is 128 Å². The number of hydrogen-bond donors (Lipinski definition) is 3. The highest BCUT2D eigenvalue weighted by molar-refractivity contribution is 6.07. The molecule has 6 aliphatic rings. The van der Waals surface area contributed by atoms with Gasteiger partial charge in [0, 0.05) is 98.4 Å². The Bertz CT molecular complexity index is 4620. The minimum Gasteiger partial charge on any atom is -0.493 e. The number of nitrogens with zero attached hydrogens (tertiary/aromatic N) is 7. The number of aliphatic hydroxyl groups is 1. The predicted molar refractivity (Wildman–Crippen MR) is 398 cm³/mol. The SMILES string of the molecule is COc1cc2c(cc1OCCCOc1cc3c(cc1OC)C(=O)N1CC4(CC4)C[C@H]1C(O)N3C(=O)OCc1ccc(CC(=O)[C@H](C)NC(=O)[C@@H](CC(=O)CNC(=O)CCC(=O)CCC(=O)N3Cc4ccccc4-c4nnn(C(C)C)c4-c4ccccc43)C(C)C)cc1)CC[C@@H]1CC(c3ccccc3)=CN1C2=O. The second-order valence-corrected chi connectivity index (χ2v) is 29.5. The number of benzene rings is 6. The molecule has 6 amide bonds. The summed E-state index contributed by atoms with van der Waals surface area (Å²) < 4.78 is 31.9. The van der Waals surface area contributed by atoms with Crippen LogP contribution in [0.1, 0.15) is 160 Å². The van der Waals surface area contributed by atoms with Gasteiger partial charge in [0.2, 0.25) is 17.7 Å². The summed E-state index contributed by atoms with van der Waals surface area (Å²) >= 11 is 0. The maximum atomic E-state index is 14.5. The highest BCUT2D eigenvalue weighted by Crippen LogP contribution is 2.57. The van der Waals surface area contributed by atoms with Crippen LogP contribution < -0.4 is 39.4 Å². The van der Waals surface area contributed by atoms with Gasteiger partial charge in [-0.25, -0.2) is 14.4 Å². The molecule has 7 aromatic rings. The molecular weight excluding hydrogens is 1360 g/mol. The maximum Gasteiger partial charge on any atom is 0.416 e. The Balaban J connectivity index is 0.569. The lowest BCUT2D eigenvalue weighted by molar-refractivity contribution is -0.133. The van der Waals surface area contributed by atoms with Gasteiger partial charge >= 0.3 is 6.09 Å². The molecule has 24 nitrogen and oxygen atoms in total. The molecule has 0 radical (unpaired) electrons. The summed E-state index contributed by atoms with van der Waals surface area (Å²) in [5, 5.41) is 26.6. The van der Waals surface area contributed by atoms with Crippen LogP contribution in [0.5, 0.6) is 23.0 Å². The van der Waals surface area contributed by atoms with Gasteiger partial charge < -0.3 is 54.1 Å². The first-order valence-electron chi connectivity index (χ1n) is 37.0. The summed E-state index contributed by atoms with van der Waals surface area (Å²) in [7, 11) is 2.99. The Morgan fingerprint density at radius 3 is 2.07 bits per heavy atom. The zero-order chi connectivity index (χ0) is 75.4. The number of Topliss-reactive ketones (excluding diaryl/α,β-unsaturated/α-hetero) is 3. The van der Waals surface area contributed by atoms with Crippen LogP contribution in [-0.2, 0) is 59.5 Å². The number of carbonyl (C=O) groups excluding carboxylic acids is 9. The van der Waals surface area contributed by atoms with E-state index in [9.17, 15) is 48.3 Å². The van der Waals surface area contributed by atoms with E-state index in [1.807, 2.05) is 102 Å². The van der Waals surface area contributed by atoms with Gasteiger partial charge in [0.25, 0.3) is 11.8 Å². The van der Waals surface area contributed by atoms with Gasteiger partial charge in [-0.1, -0.05) is 116 Å². The standard InChI is InChI=1S/C83H91N9O15/c1-49(2)63(39-60(94)44-84-74(96)30-28-59(93)29-31-75(97)89-45-56-18-11-12-19-61(56)76-77(92(50(3)4)87-86-76)62-20-13-14-21-66(62)89)78(98)85-51(5)69(95)36-52-22-24-53(25-23-52)47-107-82(102)91-67-42-73(71(104-7)41-65(67)80(100)90-48-83(32-33-83)43-68(90)81(91)101)106-35-15-34-105-72-38-55-26-27-58-37-57(54-16-9-8-10-17-54)46-88(58)79(99)64(55)40-70(72)103-6/h8-14,16-25,38,40-42,46,49-51,58,63,68,81,101H,15,26-37,39,43-45,47-48H2,1-7H3,(H,84,96)(H,85,98)/t51-,58+,63-,68-,81?/m0/s1. The van der Waals surface area contributed by atoms with Crippen molar-refractivity contribution in [3.8, 4) is 45.5 Å². The van der Waals surface area contributed by atoms with Crippen molar-refractivity contribution in [2.75, 3.05) is 50.3 Å². The molecular formula is C83H91N9O15. The lowest BCUT2D eigenvalue weighted by Gasteiger charge is -2.31. The number of aliphatic hydroxyl groups excluding tert-OH is 1. The topological polar surface area (TPSA) is 288 Å². The molecule has 5 aliphatic heterocycles. The fourth-order valence-electron chi connectivity index (χ4n) is 15.2. The van der Waals surface area contributed by atoms with Crippen molar-refractivity contribution in [3.05, 3.63) is 173 Å². The number of amides is 6. The highest BCUT2D eigenvalue weighted by atomic mass is 16.6. The molecule has 13 rings (SSSR count). The van der Waals surface area contributed by atoms with Crippen LogP contribution in [0.15, 0.2) is 134 Å². The third kappa shape index (κ3) is 16.1. The quantitative estimate of drug-likeness (QED) is 0.0384. The Kier molecular flexibility index (Phi) is 22.2. The number of hydrogen-bond acceptors (Lipinski definition) is 17. The van der Waals surface area contributed by atoms with E-state index in [4.69, 9.17) is 23.7 Å². The smallest absolute Gasteiger partial charge is 0.416 e. The summed E-state index contributed by atoms with van der Waals surface area (Å²) in [6.07, 6.45) is 3.71. The zero-order valence-corrected chi connectivity index (χ0v) is 61.5. The van der Waals surface area contributed by atoms with E-state index < -0.39 is 47.9 Å². The van der Waals surface area contributed by atoms with Crippen molar-refractivity contribution in [3.63, 3.8) is 0 Å². The number of ketones is 3. The third-order valence-electron chi connectivity index (χ3n) is 21.5. The predicted octanol–water partition coefficient (Wildman–Crippen LogP) is 11.4. The number of para-hydroxylation sites is 1. The molecule has 558 valence electrons. The van der Waals surface area contributed by atoms with Crippen molar-refractivity contribution in [1.82, 2.24) is 35.4 Å². The van der Waals surface area contributed by atoms with Crippen LogP contribution in [-0.4, -0.2) is 148 Å². The summed E-state index contributed by atoms with van der Waals surface area (Å²) in [5.41, 5.74) is 9.67. The van der Waals surface area contributed by atoms with Gasteiger partial charge in [0.05, 0.1) is 75.2 Å². The van der Waals surface area contributed by atoms with Gasteiger partial charge in [0.1, 0.15) is 18.1 Å². The van der Waals surface area contributed by atoms with Crippen molar-refractivity contribution >= 4 is 69.9 Å². The number of ether oxygens (including phenoxy) is 5. The van der Waals surface area contributed by atoms with E-state index in [1.165, 1.54) is 26.4 Å². The largest absolute Gasteiger partial charge is 0.493 e. The monoisotopic (exact) mass is 1450 g/mol. The molecule has 1 aliphatic carbocycles. The average Bonchev–Trinajstić information content (AvgIpc) is 1.57. The molecule has 24 heteroatoms. The van der Waals surface area contributed by atoms with Crippen LogP contribution in [0.4, 0.5) is 16.2 Å². The van der Waals surface area contributed by atoms with Gasteiger partial charge in [-0.15, -0.1) is 5.10 Å². The second-order valence-electron chi connectivity index (χ2n) is 29.5. The van der Waals surface area contributed by atoms with Crippen molar-refractivity contribution in [1.29, 1.82) is 0 Å². The molecule has 1 aromatic heterocycles. The molecule has 6 heterocycles. The van der Waals surface area contributed by atoms with Crippen LogP contribution in [0.2, 0.25) is 0 Å². The first kappa shape index (κ1) is 74.3. The number of methoxy groups -OCH3 is 2. The first-order chi connectivity index (χ1) is 51.6. The lowest BCUT2D eigenvalue weighted by atomic mass is 9.89. The highest BCUT2D eigenvalue weighted by Gasteiger charge is 2.58. The molecule has 1 saturated carbocycles. The van der Waals surface area contributed by atoms with E-state index >= 15 is 0 Å².